The van der Waals surface area contributed by atoms with Crippen molar-refractivity contribution >= 4 is 17.4 Å². The van der Waals surface area contributed by atoms with E-state index in [0.717, 1.165) is 10.2 Å². The van der Waals surface area contributed by atoms with Crippen molar-refractivity contribution in [3.63, 3.8) is 0 Å². The minimum absolute atomic E-state index is 0.0449. The van der Waals surface area contributed by atoms with Crippen molar-refractivity contribution in [3.05, 3.63) is 61.8 Å². The van der Waals surface area contributed by atoms with Crippen molar-refractivity contribution in [1.82, 2.24) is 15.1 Å². The molecular weight excluding hydrogens is 306 g/mol. The second-order valence-electron chi connectivity index (χ2n) is 4.69. The smallest absolute Gasteiger partial charge is 0.358 e. The van der Waals surface area contributed by atoms with Gasteiger partial charge in [-0.25, -0.2) is 0 Å². The summed E-state index contributed by atoms with van der Waals surface area (Å²) >= 11 is 0. The van der Waals surface area contributed by atoms with Crippen LogP contribution in [0.1, 0.15) is 11.3 Å². The molecule has 0 saturated heterocycles. The maximum Gasteiger partial charge on any atom is 0.468 e. The highest BCUT2D eigenvalue weighted by molar-refractivity contribution is 5.76. The Morgan fingerprint density at radius 1 is 1.22 bits per heavy atom. The molecule has 2 aromatic rings. The molecule has 1 amide bonds. The summed E-state index contributed by atoms with van der Waals surface area (Å²) in [6.45, 7) is 1.25. The minimum Gasteiger partial charge on any atom is -0.358 e. The zero-order valence-corrected chi connectivity index (χ0v) is 12.1. The van der Waals surface area contributed by atoms with E-state index in [2.05, 4.69) is 10.4 Å². The maximum atomic E-state index is 11.9. The Bertz CT molecular complexity index is 756. The molecule has 2 rings (SSSR count). The van der Waals surface area contributed by atoms with Crippen LogP contribution < -0.4 is 5.32 Å². The second-order valence-corrected chi connectivity index (χ2v) is 4.69. The van der Waals surface area contributed by atoms with Gasteiger partial charge in [-0.05, 0) is 17.4 Å². The predicted octanol–water partition coefficient (Wildman–Crippen LogP) is 1.32. The molecule has 120 valence electrons. The first kappa shape index (κ1) is 16.1. The molecule has 0 aliphatic rings. The lowest BCUT2D eigenvalue weighted by Crippen LogP contribution is -2.28. The van der Waals surface area contributed by atoms with Crippen molar-refractivity contribution in [2.75, 3.05) is 0 Å². The number of nitrogens with one attached hydrogen (secondary N) is 1. The van der Waals surface area contributed by atoms with Crippen LogP contribution in [-0.2, 0) is 17.9 Å². The molecule has 10 heteroatoms. The first-order valence-electron chi connectivity index (χ1n) is 6.57. The van der Waals surface area contributed by atoms with E-state index in [9.17, 15) is 25.0 Å². The quantitative estimate of drug-likeness (QED) is 0.630. The van der Waals surface area contributed by atoms with E-state index < -0.39 is 27.3 Å². The standard InChI is InChI=1S/C13H13N5O5/c1-9-12(17(20)21)13(18(22)23)15-16(9)8-11(19)14-7-10-5-3-2-4-6-10/h2-6H,7-8H2,1H3,(H,14,19). The van der Waals surface area contributed by atoms with Crippen molar-refractivity contribution < 1.29 is 14.6 Å². The van der Waals surface area contributed by atoms with E-state index in [1.54, 1.807) is 0 Å². The van der Waals surface area contributed by atoms with Crippen LogP contribution in [0.15, 0.2) is 30.3 Å². The van der Waals surface area contributed by atoms with Gasteiger partial charge >= 0.3 is 11.5 Å². The van der Waals surface area contributed by atoms with Crippen LogP contribution in [0.5, 0.6) is 0 Å². The molecule has 0 aliphatic heterocycles. The molecular formula is C13H13N5O5. The van der Waals surface area contributed by atoms with Crippen molar-refractivity contribution in [1.29, 1.82) is 0 Å². The molecule has 0 unspecified atom stereocenters. The topological polar surface area (TPSA) is 133 Å². The van der Waals surface area contributed by atoms with Gasteiger partial charge in [-0.1, -0.05) is 30.3 Å². The lowest BCUT2D eigenvalue weighted by molar-refractivity contribution is -0.424. The Morgan fingerprint density at radius 2 is 1.87 bits per heavy atom. The fraction of sp³-hybridized carbons (Fsp3) is 0.231. The van der Waals surface area contributed by atoms with Crippen LogP contribution in [0.4, 0.5) is 11.5 Å². The van der Waals surface area contributed by atoms with Crippen LogP contribution in [0.25, 0.3) is 0 Å². The summed E-state index contributed by atoms with van der Waals surface area (Å²) in [5.74, 6) is -1.33. The molecule has 0 bridgehead atoms. The Balaban J connectivity index is 2.10. The lowest BCUT2D eigenvalue weighted by atomic mass is 10.2. The number of aromatic nitrogens is 2. The molecule has 1 aromatic carbocycles. The van der Waals surface area contributed by atoms with Crippen molar-refractivity contribution in [2.45, 2.75) is 20.0 Å². The number of nitro groups is 2. The SMILES string of the molecule is Cc1c([N+](=O)[O-])c([N+](=O)[O-])nn1CC(=O)NCc1ccccc1. The van der Waals surface area contributed by atoms with Gasteiger partial charge in [0.05, 0.1) is 10.0 Å². The summed E-state index contributed by atoms with van der Waals surface area (Å²) in [6, 6.07) is 9.15. The van der Waals surface area contributed by atoms with Crippen LogP contribution in [0.3, 0.4) is 0 Å². The molecule has 1 heterocycles. The van der Waals surface area contributed by atoms with Gasteiger partial charge in [0.1, 0.15) is 12.2 Å². The lowest BCUT2D eigenvalue weighted by Gasteiger charge is -2.04. The van der Waals surface area contributed by atoms with E-state index in [1.807, 2.05) is 30.3 Å². The van der Waals surface area contributed by atoms with Gasteiger partial charge in [-0.2, -0.15) is 4.68 Å². The zero-order chi connectivity index (χ0) is 17.0. The summed E-state index contributed by atoms with van der Waals surface area (Å²) in [6.07, 6.45) is 0. The first-order valence-corrected chi connectivity index (χ1v) is 6.57. The Labute approximate surface area is 130 Å². The normalized spacial score (nSPS) is 10.3. The molecule has 1 N–H and O–H groups in total. The molecule has 0 fully saturated rings. The number of hydrogen-bond acceptors (Lipinski definition) is 6. The summed E-state index contributed by atoms with van der Waals surface area (Å²) in [5.41, 5.74) is 0.136. The largest absolute Gasteiger partial charge is 0.468 e. The molecule has 0 spiro atoms. The average Bonchev–Trinajstić information content (AvgIpc) is 2.83. The molecule has 0 aliphatic carbocycles. The van der Waals surface area contributed by atoms with Crippen LogP contribution in [0, 0.1) is 27.2 Å². The van der Waals surface area contributed by atoms with Gasteiger partial charge < -0.3 is 15.4 Å². The number of carbonyl (C=O) groups excluding carboxylic acids is 1. The summed E-state index contributed by atoms with van der Waals surface area (Å²) in [4.78, 5) is 31.8. The number of carbonyl (C=O) groups is 1. The maximum absolute atomic E-state index is 11.9. The monoisotopic (exact) mass is 319 g/mol. The van der Waals surface area contributed by atoms with Crippen molar-refractivity contribution in [2.24, 2.45) is 0 Å². The Morgan fingerprint density at radius 3 is 2.39 bits per heavy atom. The van der Waals surface area contributed by atoms with E-state index in [1.165, 1.54) is 6.92 Å². The fourth-order valence-corrected chi connectivity index (χ4v) is 2.00. The van der Waals surface area contributed by atoms with E-state index in [4.69, 9.17) is 0 Å². The number of nitrogens with zero attached hydrogens (tertiary/aromatic N) is 4. The zero-order valence-electron chi connectivity index (χ0n) is 12.1. The van der Waals surface area contributed by atoms with Crippen LogP contribution >= 0.6 is 0 Å². The van der Waals surface area contributed by atoms with E-state index in [0.29, 0.717) is 0 Å². The van der Waals surface area contributed by atoms with Gasteiger partial charge in [0, 0.05) is 6.54 Å². The van der Waals surface area contributed by atoms with Crippen LogP contribution in [0.2, 0.25) is 0 Å². The third-order valence-electron chi connectivity index (χ3n) is 3.14. The third-order valence-corrected chi connectivity index (χ3v) is 3.14. The van der Waals surface area contributed by atoms with Gasteiger partial charge in [-0.3, -0.25) is 14.9 Å². The first-order chi connectivity index (χ1) is 10.9. The summed E-state index contributed by atoms with van der Waals surface area (Å²) in [7, 11) is 0. The highest BCUT2D eigenvalue weighted by Crippen LogP contribution is 2.28. The molecule has 10 nitrogen and oxygen atoms in total. The number of hydrogen-bond donors (Lipinski definition) is 1. The van der Waals surface area contributed by atoms with E-state index >= 15 is 0 Å². The summed E-state index contributed by atoms with van der Waals surface area (Å²) < 4.78 is 0.955. The number of amides is 1. The highest BCUT2D eigenvalue weighted by atomic mass is 16.6. The molecule has 1 aromatic heterocycles. The van der Waals surface area contributed by atoms with Gasteiger partial charge in [0.2, 0.25) is 5.91 Å². The summed E-state index contributed by atoms with van der Waals surface area (Å²) in [5, 5.41) is 27.9. The van der Waals surface area contributed by atoms with Gasteiger partial charge in [-0.15, -0.1) is 0 Å². The Kier molecular flexibility index (Phi) is 4.64. The number of rotatable bonds is 6. The Hall–Kier alpha value is -3.30. The predicted molar refractivity (Wildman–Crippen MR) is 78.6 cm³/mol. The van der Waals surface area contributed by atoms with Crippen LogP contribution in [-0.4, -0.2) is 25.5 Å². The average molecular weight is 319 g/mol. The van der Waals surface area contributed by atoms with Gasteiger partial charge in [0.25, 0.3) is 0 Å². The van der Waals surface area contributed by atoms with Gasteiger partial charge in [0.15, 0.2) is 0 Å². The fourth-order valence-electron chi connectivity index (χ4n) is 2.00. The molecule has 0 saturated carbocycles. The molecule has 0 radical (unpaired) electrons. The third kappa shape index (κ3) is 3.67. The minimum atomic E-state index is -0.941. The number of benzene rings is 1. The second kappa shape index (κ2) is 6.64. The highest BCUT2D eigenvalue weighted by Gasteiger charge is 2.35. The van der Waals surface area contributed by atoms with E-state index in [-0.39, 0.29) is 18.8 Å². The molecule has 23 heavy (non-hydrogen) atoms. The van der Waals surface area contributed by atoms with Crippen molar-refractivity contribution in [3.8, 4) is 0 Å². The molecule has 0 atom stereocenters.